The summed E-state index contributed by atoms with van der Waals surface area (Å²) >= 11 is 0. The normalized spacial score (nSPS) is 47.9. The van der Waals surface area contributed by atoms with Crippen molar-refractivity contribution in [3.8, 4) is 0 Å². The van der Waals surface area contributed by atoms with Crippen molar-refractivity contribution in [3.05, 3.63) is 0 Å². The lowest BCUT2D eigenvalue weighted by molar-refractivity contribution is -0.341. The van der Waals surface area contributed by atoms with Crippen molar-refractivity contribution >= 4 is 5.97 Å². The van der Waals surface area contributed by atoms with Crippen molar-refractivity contribution in [2.75, 3.05) is 27.4 Å². The van der Waals surface area contributed by atoms with Crippen LogP contribution in [-0.2, 0) is 38.0 Å². The summed E-state index contributed by atoms with van der Waals surface area (Å²) in [5.41, 5.74) is 5.95. The number of aliphatic hydroxyl groups excluding tert-OH is 7. The highest BCUT2D eigenvalue weighted by molar-refractivity contribution is 5.75. The van der Waals surface area contributed by atoms with E-state index in [-0.39, 0.29) is 6.42 Å². The number of esters is 1. The van der Waals surface area contributed by atoms with E-state index in [0.717, 1.165) is 7.11 Å². The van der Waals surface area contributed by atoms with E-state index >= 15 is 0 Å². The summed E-state index contributed by atoms with van der Waals surface area (Å²) in [5, 5.41) is 70.7. The van der Waals surface area contributed by atoms with Crippen LogP contribution in [0.15, 0.2) is 0 Å². The lowest BCUT2D eigenvalue weighted by Gasteiger charge is -2.46. The molecule has 3 aliphatic heterocycles. The Morgan fingerprint density at radius 3 is 2.19 bits per heavy atom. The molecular formula is C20H35NO15. The SMILES string of the molecule is COC(=O)C1O[C@@H](OC)C(O)[C@@H](O)[C@H]1O[C@@H]1OC(CO[C@H]2C[C@@H](O)[C@@H](O)C(CO)O2)[C@H](O)[C@H](O)C1N. The highest BCUT2D eigenvalue weighted by Gasteiger charge is 2.53. The zero-order valence-electron chi connectivity index (χ0n) is 19.7. The fourth-order valence-electron chi connectivity index (χ4n) is 4.23. The first kappa shape index (κ1) is 29.5. The van der Waals surface area contributed by atoms with Gasteiger partial charge in [-0.2, -0.15) is 0 Å². The van der Waals surface area contributed by atoms with Gasteiger partial charge in [-0.3, -0.25) is 0 Å². The van der Waals surface area contributed by atoms with Gasteiger partial charge >= 0.3 is 5.97 Å². The lowest BCUT2D eigenvalue weighted by Crippen LogP contribution is -2.67. The molecule has 3 rings (SSSR count). The van der Waals surface area contributed by atoms with E-state index in [4.69, 9.17) is 34.2 Å². The molecule has 0 aliphatic carbocycles. The third-order valence-corrected chi connectivity index (χ3v) is 6.41. The molecule has 36 heavy (non-hydrogen) atoms. The average molecular weight is 529 g/mol. The molecule has 0 spiro atoms. The first-order valence-electron chi connectivity index (χ1n) is 11.3. The zero-order chi connectivity index (χ0) is 26.7. The van der Waals surface area contributed by atoms with Crippen molar-refractivity contribution in [2.24, 2.45) is 5.73 Å². The molecule has 3 fully saturated rings. The minimum atomic E-state index is -1.72. The van der Waals surface area contributed by atoms with Gasteiger partial charge in [-0.25, -0.2) is 4.79 Å². The number of rotatable bonds is 8. The van der Waals surface area contributed by atoms with Crippen LogP contribution in [0.4, 0.5) is 0 Å². The molecule has 3 saturated heterocycles. The average Bonchev–Trinajstić information content (AvgIpc) is 2.87. The number of ether oxygens (including phenoxy) is 7. The van der Waals surface area contributed by atoms with E-state index in [0.29, 0.717) is 0 Å². The van der Waals surface area contributed by atoms with Gasteiger partial charge in [-0.05, 0) is 0 Å². The molecule has 210 valence electrons. The van der Waals surface area contributed by atoms with E-state index in [9.17, 15) is 40.5 Å². The molecular weight excluding hydrogens is 494 g/mol. The first-order chi connectivity index (χ1) is 17.0. The number of aliphatic hydroxyl groups is 7. The molecule has 3 heterocycles. The maximum Gasteiger partial charge on any atom is 0.337 e. The summed E-state index contributed by atoms with van der Waals surface area (Å²) in [6.07, 6.45) is -18.7. The van der Waals surface area contributed by atoms with Crippen LogP contribution >= 0.6 is 0 Å². The summed E-state index contributed by atoms with van der Waals surface area (Å²) in [5.74, 6) is -0.952. The van der Waals surface area contributed by atoms with Crippen LogP contribution in [0, 0.1) is 0 Å². The molecule has 16 nitrogen and oxygen atoms in total. The van der Waals surface area contributed by atoms with E-state index in [1.807, 2.05) is 0 Å². The Hall–Kier alpha value is -1.09. The second kappa shape index (κ2) is 12.6. The fourth-order valence-corrected chi connectivity index (χ4v) is 4.23. The van der Waals surface area contributed by atoms with E-state index in [1.165, 1.54) is 7.11 Å². The van der Waals surface area contributed by atoms with Gasteiger partial charge in [0.1, 0.15) is 48.8 Å². The van der Waals surface area contributed by atoms with Crippen LogP contribution in [0.25, 0.3) is 0 Å². The standard InChI is InChI=1S/C20H35NO15/c1-30-18(29)17-16(14(27)15(28)20(31-2)36-17)35-19-10(21)13(26)12(25)8(34-19)5-32-9-3-6(23)11(24)7(4-22)33-9/h6-17,19-20,22-28H,3-5,21H2,1-2H3/t6-,7?,8?,9-,10?,11-,12+,13-,14-,15?,16-,17?,19+,20-/m1/s1. The first-order valence-corrected chi connectivity index (χ1v) is 11.3. The van der Waals surface area contributed by atoms with Crippen molar-refractivity contribution in [1.29, 1.82) is 0 Å². The third-order valence-electron chi connectivity index (χ3n) is 6.41. The second-order valence-electron chi connectivity index (χ2n) is 8.78. The molecule has 0 aromatic heterocycles. The molecule has 3 aliphatic rings. The number of carbonyl (C=O) groups excluding carboxylic acids is 1. The van der Waals surface area contributed by atoms with Crippen LogP contribution in [0.3, 0.4) is 0 Å². The van der Waals surface area contributed by atoms with Crippen LogP contribution in [0.2, 0.25) is 0 Å². The Morgan fingerprint density at radius 2 is 1.58 bits per heavy atom. The summed E-state index contributed by atoms with van der Waals surface area (Å²) in [6, 6.07) is -1.36. The monoisotopic (exact) mass is 529 g/mol. The Kier molecular flexibility index (Phi) is 10.3. The van der Waals surface area contributed by atoms with Gasteiger partial charge in [0.05, 0.1) is 32.5 Å². The maximum absolute atomic E-state index is 12.2. The van der Waals surface area contributed by atoms with Gasteiger partial charge in [0.15, 0.2) is 25.0 Å². The molecule has 0 aromatic carbocycles. The quantitative estimate of drug-likeness (QED) is 0.136. The number of methoxy groups -OCH3 is 2. The Morgan fingerprint density at radius 1 is 0.889 bits per heavy atom. The minimum absolute atomic E-state index is 0.145. The molecule has 0 saturated carbocycles. The molecule has 14 atom stereocenters. The highest BCUT2D eigenvalue weighted by atomic mass is 16.7. The molecule has 0 bridgehead atoms. The minimum Gasteiger partial charge on any atom is -0.467 e. The van der Waals surface area contributed by atoms with Crippen molar-refractivity contribution < 1.29 is 73.7 Å². The van der Waals surface area contributed by atoms with Gasteiger partial charge in [-0.1, -0.05) is 0 Å². The fraction of sp³-hybridized carbons (Fsp3) is 0.950. The van der Waals surface area contributed by atoms with Crippen molar-refractivity contribution in [1.82, 2.24) is 0 Å². The van der Waals surface area contributed by atoms with E-state index in [1.54, 1.807) is 0 Å². The molecule has 5 unspecified atom stereocenters. The number of hydrogen-bond donors (Lipinski definition) is 8. The Bertz CT molecular complexity index is 717. The summed E-state index contributed by atoms with van der Waals surface area (Å²) in [6.45, 7) is -0.984. The van der Waals surface area contributed by atoms with Gasteiger partial charge in [0, 0.05) is 13.5 Å². The lowest BCUT2D eigenvalue weighted by atomic mass is 9.96. The summed E-state index contributed by atoms with van der Waals surface area (Å²) in [4.78, 5) is 12.2. The van der Waals surface area contributed by atoms with E-state index < -0.39 is 105 Å². The van der Waals surface area contributed by atoms with Gasteiger partial charge in [0.25, 0.3) is 0 Å². The molecule has 0 radical (unpaired) electrons. The smallest absolute Gasteiger partial charge is 0.337 e. The number of hydrogen-bond acceptors (Lipinski definition) is 16. The number of nitrogens with two attached hydrogens (primary N) is 1. The van der Waals surface area contributed by atoms with E-state index in [2.05, 4.69) is 4.74 Å². The zero-order valence-corrected chi connectivity index (χ0v) is 19.7. The Balaban J connectivity index is 1.69. The van der Waals surface area contributed by atoms with Gasteiger partial charge < -0.3 is 74.6 Å². The van der Waals surface area contributed by atoms with Crippen LogP contribution in [-0.4, -0.2) is 155 Å². The predicted molar refractivity (Wildman–Crippen MR) is 112 cm³/mol. The second-order valence-corrected chi connectivity index (χ2v) is 8.78. The summed E-state index contributed by atoms with van der Waals surface area (Å²) in [7, 11) is 2.26. The molecule has 9 N–H and O–H groups in total. The molecule has 0 amide bonds. The topological polar surface area (TPSA) is 249 Å². The van der Waals surface area contributed by atoms with Gasteiger partial charge in [0.2, 0.25) is 0 Å². The predicted octanol–water partition coefficient (Wildman–Crippen LogP) is -5.74. The van der Waals surface area contributed by atoms with Gasteiger partial charge in [-0.15, -0.1) is 0 Å². The van der Waals surface area contributed by atoms with Crippen molar-refractivity contribution in [3.63, 3.8) is 0 Å². The third kappa shape index (κ3) is 6.13. The molecule has 0 aromatic rings. The summed E-state index contributed by atoms with van der Waals surface area (Å²) < 4.78 is 37.1. The molecule has 16 heteroatoms. The van der Waals surface area contributed by atoms with Crippen LogP contribution < -0.4 is 5.73 Å². The van der Waals surface area contributed by atoms with Crippen molar-refractivity contribution in [2.45, 2.75) is 92.4 Å². The van der Waals surface area contributed by atoms with Crippen LogP contribution in [0.1, 0.15) is 6.42 Å². The number of carbonyl (C=O) groups is 1. The largest absolute Gasteiger partial charge is 0.467 e. The highest BCUT2D eigenvalue weighted by Crippen LogP contribution is 2.30. The van der Waals surface area contributed by atoms with Crippen LogP contribution in [0.5, 0.6) is 0 Å². The maximum atomic E-state index is 12.2. The Labute approximate surface area is 206 Å².